The smallest absolute Gasteiger partial charge is 0.138 e. The van der Waals surface area contributed by atoms with Crippen LogP contribution < -0.4 is 10.5 Å². The van der Waals surface area contributed by atoms with Crippen LogP contribution in [0.25, 0.3) is 0 Å². The van der Waals surface area contributed by atoms with Crippen LogP contribution in [-0.2, 0) is 0 Å². The molecule has 0 atom stereocenters. The first-order valence-corrected chi connectivity index (χ1v) is 6.13. The van der Waals surface area contributed by atoms with Gasteiger partial charge in [-0.15, -0.1) is 0 Å². The Kier molecular flexibility index (Phi) is 5.68. The highest BCUT2D eigenvalue weighted by Crippen LogP contribution is 2.26. The summed E-state index contributed by atoms with van der Waals surface area (Å²) in [5.41, 5.74) is 6.18. The Morgan fingerprint density at radius 2 is 2.20 bits per heavy atom. The predicted octanol–water partition coefficient (Wildman–Crippen LogP) is 2.03. The Balaban J connectivity index is 2.31. The molecule has 0 saturated carbocycles. The zero-order valence-electron chi connectivity index (χ0n) is 8.28. The number of nitrogens with two attached hydrogens (primary N) is 1. The maximum atomic E-state index is 8.56. The normalized spacial score (nSPS) is 10.3. The molecule has 0 fully saturated rings. The molecular weight excluding hydrogens is 234 g/mol. The maximum absolute atomic E-state index is 8.56. The molecule has 1 rings (SSSR count). The molecule has 0 radical (unpaired) electrons. The van der Waals surface area contributed by atoms with Crippen LogP contribution in [0.2, 0.25) is 5.02 Å². The minimum Gasteiger partial charge on any atom is -0.491 e. The predicted molar refractivity (Wildman–Crippen MR) is 65.8 cm³/mol. The van der Waals surface area contributed by atoms with Gasteiger partial charge in [-0.1, -0.05) is 11.6 Å². The first kappa shape index (κ1) is 12.5. The molecule has 3 N–H and O–H groups in total. The molecule has 0 heterocycles. The summed E-state index contributed by atoms with van der Waals surface area (Å²) >= 11 is 7.56. The van der Waals surface area contributed by atoms with Gasteiger partial charge in [0.15, 0.2) is 0 Å². The highest BCUT2D eigenvalue weighted by Gasteiger charge is 2.01. The third kappa shape index (κ3) is 4.64. The van der Waals surface area contributed by atoms with Gasteiger partial charge < -0.3 is 15.6 Å². The van der Waals surface area contributed by atoms with Crippen molar-refractivity contribution in [3.8, 4) is 5.75 Å². The lowest BCUT2D eigenvalue weighted by Gasteiger charge is -2.07. The van der Waals surface area contributed by atoms with Gasteiger partial charge in [-0.3, -0.25) is 0 Å². The summed E-state index contributed by atoms with van der Waals surface area (Å²) in [6.45, 7) is 0.779. The number of aliphatic hydroxyl groups excluding tert-OH is 1. The largest absolute Gasteiger partial charge is 0.491 e. The summed E-state index contributed by atoms with van der Waals surface area (Å²) in [5.74, 6) is 2.22. The standard InChI is InChI=1S/C10H14ClNO2S/c11-9-7-8(12)1-2-10(9)14-4-6-15-5-3-13/h1-2,7,13H,3-6,12H2. The fourth-order valence-corrected chi connectivity index (χ4v) is 1.79. The monoisotopic (exact) mass is 247 g/mol. The summed E-state index contributed by atoms with van der Waals surface area (Å²) in [5, 5.41) is 9.09. The zero-order chi connectivity index (χ0) is 11.1. The minimum absolute atomic E-state index is 0.202. The second-order valence-electron chi connectivity index (χ2n) is 2.87. The lowest BCUT2D eigenvalue weighted by molar-refractivity contribution is 0.321. The van der Waals surface area contributed by atoms with Crippen LogP contribution in [0, 0.1) is 0 Å². The third-order valence-electron chi connectivity index (χ3n) is 1.68. The number of hydrogen-bond acceptors (Lipinski definition) is 4. The van der Waals surface area contributed by atoms with E-state index in [0.717, 1.165) is 11.5 Å². The number of ether oxygens (including phenoxy) is 1. The van der Waals surface area contributed by atoms with E-state index in [9.17, 15) is 0 Å². The van der Waals surface area contributed by atoms with Crippen molar-refractivity contribution in [2.45, 2.75) is 0 Å². The van der Waals surface area contributed by atoms with Crippen molar-refractivity contribution in [1.29, 1.82) is 0 Å². The van der Waals surface area contributed by atoms with Crippen molar-refractivity contribution in [1.82, 2.24) is 0 Å². The number of hydrogen-bond donors (Lipinski definition) is 2. The maximum Gasteiger partial charge on any atom is 0.138 e. The van der Waals surface area contributed by atoms with E-state index in [1.165, 1.54) is 0 Å². The van der Waals surface area contributed by atoms with Crippen LogP contribution in [0.1, 0.15) is 0 Å². The van der Waals surface area contributed by atoms with Crippen molar-refractivity contribution in [2.24, 2.45) is 0 Å². The second-order valence-corrected chi connectivity index (χ2v) is 4.51. The molecule has 0 saturated heterocycles. The third-order valence-corrected chi connectivity index (χ3v) is 2.90. The van der Waals surface area contributed by atoms with E-state index < -0.39 is 0 Å². The quantitative estimate of drug-likeness (QED) is 0.597. The molecule has 15 heavy (non-hydrogen) atoms. The summed E-state index contributed by atoms with van der Waals surface area (Å²) in [7, 11) is 0. The molecule has 0 aliphatic rings. The van der Waals surface area contributed by atoms with E-state index in [4.69, 9.17) is 27.2 Å². The highest BCUT2D eigenvalue weighted by molar-refractivity contribution is 7.99. The van der Waals surface area contributed by atoms with Gasteiger partial charge in [0, 0.05) is 17.2 Å². The SMILES string of the molecule is Nc1ccc(OCCSCCO)c(Cl)c1. The molecule has 0 aliphatic carbocycles. The van der Waals surface area contributed by atoms with Gasteiger partial charge in [-0.25, -0.2) is 0 Å². The average Bonchev–Trinajstić information content (AvgIpc) is 2.20. The molecule has 0 bridgehead atoms. The topological polar surface area (TPSA) is 55.5 Å². The van der Waals surface area contributed by atoms with E-state index in [1.807, 2.05) is 0 Å². The van der Waals surface area contributed by atoms with E-state index in [0.29, 0.717) is 23.1 Å². The van der Waals surface area contributed by atoms with Gasteiger partial charge >= 0.3 is 0 Å². The van der Waals surface area contributed by atoms with Gasteiger partial charge in [0.05, 0.1) is 18.2 Å². The molecule has 0 unspecified atom stereocenters. The Morgan fingerprint density at radius 1 is 1.40 bits per heavy atom. The zero-order valence-corrected chi connectivity index (χ0v) is 9.85. The number of halogens is 1. The van der Waals surface area contributed by atoms with Crippen LogP contribution >= 0.6 is 23.4 Å². The Labute approximate surface area is 98.6 Å². The van der Waals surface area contributed by atoms with Gasteiger partial charge in [0.25, 0.3) is 0 Å². The van der Waals surface area contributed by atoms with Gasteiger partial charge in [-0.2, -0.15) is 11.8 Å². The minimum atomic E-state index is 0.202. The number of thioether (sulfide) groups is 1. The Bertz CT molecular complexity index is 309. The number of anilines is 1. The van der Waals surface area contributed by atoms with Gasteiger partial charge in [0.2, 0.25) is 0 Å². The molecule has 3 nitrogen and oxygen atoms in total. The van der Waals surface area contributed by atoms with Gasteiger partial charge in [-0.05, 0) is 18.2 Å². The van der Waals surface area contributed by atoms with Crippen LogP contribution in [0.4, 0.5) is 5.69 Å². The van der Waals surface area contributed by atoms with E-state index >= 15 is 0 Å². The molecule has 5 heteroatoms. The number of aliphatic hydroxyl groups is 1. The number of nitrogen functional groups attached to an aromatic ring is 1. The summed E-state index contributed by atoms with van der Waals surface area (Å²) < 4.78 is 5.45. The first-order chi connectivity index (χ1) is 7.24. The van der Waals surface area contributed by atoms with Crippen molar-refractivity contribution in [2.75, 3.05) is 30.5 Å². The number of rotatable bonds is 6. The van der Waals surface area contributed by atoms with Crippen LogP contribution in [-0.4, -0.2) is 29.8 Å². The lowest BCUT2D eigenvalue weighted by atomic mass is 10.3. The highest BCUT2D eigenvalue weighted by atomic mass is 35.5. The van der Waals surface area contributed by atoms with Gasteiger partial charge in [0.1, 0.15) is 5.75 Å². The summed E-state index contributed by atoms with van der Waals surface area (Å²) in [6, 6.07) is 5.17. The summed E-state index contributed by atoms with van der Waals surface area (Å²) in [6.07, 6.45) is 0. The first-order valence-electron chi connectivity index (χ1n) is 4.60. The molecular formula is C10H14ClNO2S. The van der Waals surface area contributed by atoms with Crippen LogP contribution in [0.5, 0.6) is 5.75 Å². The Morgan fingerprint density at radius 3 is 2.87 bits per heavy atom. The Hall–Kier alpha value is -0.580. The molecule has 1 aromatic rings. The summed E-state index contributed by atoms with van der Waals surface area (Å²) in [4.78, 5) is 0. The van der Waals surface area contributed by atoms with Crippen molar-refractivity contribution >= 4 is 29.1 Å². The number of benzene rings is 1. The van der Waals surface area contributed by atoms with Crippen LogP contribution in [0.3, 0.4) is 0 Å². The molecule has 0 aromatic heterocycles. The molecule has 1 aromatic carbocycles. The van der Waals surface area contributed by atoms with E-state index in [2.05, 4.69) is 0 Å². The van der Waals surface area contributed by atoms with Crippen molar-refractivity contribution in [3.05, 3.63) is 23.2 Å². The lowest BCUT2D eigenvalue weighted by Crippen LogP contribution is -2.02. The van der Waals surface area contributed by atoms with E-state index in [-0.39, 0.29) is 6.61 Å². The second kappa shape index (κ2) is 6.82. The fraction of sp³-hybridized carbons (Fsp3) is 0.400. The molecule has 0 aliphatic heterocycles. The molecule has 0 spiro atoms. The van der Waals surface area contributed by atoms with Crippen molar-refractivity contribution in [3.63, 3.8) is 0 Å². The molecule has 84 valence electrons. The fourth-order valence-electron chi connectivity index (χ4n) is 1.01. The average molecular weight is 248 g/mol. The van der Waals surface area contributed by atoms with Crippen molar-refractivity contribution < 1.29 is 9.84 Å². The molecule has 0 amide bonds. The van der Waals surface area contributed by atoms with Crippen LogP contribution in [0.15, 0.2) is 18.2 Å². The van der Waals surface area contributed by atoms with E-state index in [1.54, 1.807) is 30.0 Å².